The zero-order valence-electron chi connectivity index (χ0n) is 9.76. The minimum Gasteiger partial charge on any atom is -0.398 e. The first-order valence-electron chi connectivity index (χ1n) is 5.51. The zero-order chi connectivity index (χ0) is 13.1. The van der Waals surface area contributed by atoms with Crippen molar-refractivity contribution in [2.45, 2.75) is 6.61 Å². The number of aliphatic hydroxyl groups is 1. The monoisotopic (exact) mass is 242 g/mol. The van der Waals surface area contributed by atoms with Crippen LogP contribution in [0.25, 0.3) is 11.1 Å². The van der Waals surface area contributed by atoms with E-state index in [0.717, 1.165) is 16.7 Å². The maximum atomic E-state index is 11.2. The highest BCUT2D eigenvalue weighted by molar-refractivity contribution is 5.95. The summed E-state index contributed by atoms with van der Waals surface area (Å²) >= 11 is 0. The van der Waals surface area contributed by atoms with Crippen LogP contribution >= 0.6 is 0 Å². The van der Waals surface area contributed by atoms with E-state index in [1.54, 1.807) is 18.2 Å². The Kier molecular flexibility index (Phi) is 3.30. The highest BCUT2D eigenvalue weighted by Gasteiger charge is 2.07. The number of rotatable bonds is 3. The van der Waals surface area contributed by atoms with E-state index in [1.807, 2.05) is 24.3 Å². The lowest BCUT2D eigenvalue weighted by Gasteiger charge is -2.08. The first-order valence-corrected chi connectivity index (χ1v) is 5.51. The Hall–Kier alpha value is -2.33. The van der Waals surface area contributed by atoms with Gasteiger partial charge in [-0.05, 0) is 35.4 Å². The molecule has 2 aromatic rings. The highest BCUT2D eigenvalue weighted by Crippen LogP contribution is 2.27. The Morgan fingerprint density at radius 2 is 1.94 bits per heavy atom. The average molecular weight is 242 g/mol. The number of benzene rings is 2. The number of hydrogen-bond donors (Lipinski definition) is 3. The molecule has 4 heteroatoms. The maximum absolute atomic E-state index is 11.2. The molecule has 0 radical (unpaired) electrons. The summed E-state index contributed by atoms with van der Waals surface area (Å²) < 4.78 is 0. The fraction of sp³-hybridized carbons (Fsp3) is 0.0714. The number of carbonyl (C=O) groups excluding carboxylic acids is 1. The van der Waals surface area contributed by atoms with Crippen molar-refractivity contribution < 1.29 is 9.90 Å². The van der Waals surface area contributed by atoms with Crippen LogP contribution in [0.5, 0.6) is 0 Å². The lowest BCUT2D eigenvalue weighted by Crippen LogP contribution is -2.11. The van der Waals surface area contributed by atoms with Crippen molar-refractivity contribution in [3.05, 3.63) is 53.6 Å². The summed E-state index contributed by atoms with van der Waals surface area (Å²) in [5.74, 6) is -0.491. The lowest BCUT2D eigenvalue weighted by molar-refractivity contribution is 0.100. The van der Waals surface area contributed by atoms with E-state index < -0.39 is 5.91 Å². The van der Waals surface area contributed by atoms with Gasteiger partial charge in [0.2, 0.25) is 5.91 Å². The van der Waals surface area contributed by atoms with Gasteiger partial charge in [0.25, 0.3) is 0 Å². The average Bonchev–Trinajstić information content (AvgIpc) is 2.39. The highest BCUT2D eigenvalue weighted by atomic mass is 16.3. The largest absolute Gasteiger partial charge is 0.398 e. The third-order valence-electron chi connectivity index (χ3n) is 2.76. The molecule has 5 N–H and O–H groups in total. The van der Waals surface area contributed by atoms with E-state index in [-0.39, 0.29) is 6.61 Å². The number of primary amides is 1. The standard InChI is InChI=1S/C14H14N2O2/c15-13-5-4-11(14(16)18)7-12(13)10-3-1-2-9(6-10)8-17/h1-7,17H,8,15H2,(H2,16,18). The number of hydrogen-bond acceptors (Lipinski definition) is 3. The number of anilines is 1. The molecule has 2 aromatic carbocycles. The number of nitrogens with two attached hydrogens (primary N) is 2. The minimum atomic E-state index is -0.491. The van der Waals surface area contributed by atoms with Crippen LogP contribution in [0.2, 0.25) is 0 Å². The van der Waals surface area contributed by atoms with Gasteiger partial charge in [-0.1, -0.05) is 18.2 Å². The van der Waals surface area contributed by atoms with Gasteiger partial charge < -0.3 is 16.6 Å². The Bertz CT molecular complexity index is 594. The molecule has 0 aliphatic rings. The molecule has 0 saturated heterocycles. The molecule has 0 aliphatic carbocycles. The van der Waals surface area contributed by atoms with Crippen LogP contribution in [-0.4, -0.2) is 11.0 Å². The van der Waals surface area contributed by atoms with E-state index in [9.17, 15) is 4.79 Å². The smallest absolute Gasteiger partial charge is 0.248 e. The molecule has 0 aromatic heterocycles. The van der Waals surface area contributed by atoms with Gasteiger partial charge in [-0.2, -0.15) is 0 Å². The molecule has 1 amide bonds. The van der Waals surface area contributed by atoms with Crippen LogP contribution in [0, 0.1) is 0 Å². The minimum absolute atomic E-state index is 0.0384. The Morgan fingerprint density at radius 3 is 2.61 bits per heavy atom. The van der Waals surface area contributed by atoms with E-state index in [1.165, 1.54) is 0 Å². The Morgan fingerprint density at radius 1 is 1.17 bits per heavy atom. The van der Waals surface area contributed by atoms with E-state index in [4.69, 9.17) is 16.6 Å². The van der Waals surface area contributed by atoms with Crippen LogP contribution in [0.4, 0.5) is 5.69 Å². The van der Waals surface area contributed by atoms with Crippen molar-refractivity contribution in [1.29, 1.82) is 0 Å². The summed E-state index contributed by atoms with van der Waals surface area (Å²) in [7, 11) is 0. The molecular weight excluding hydrogens is 228 g/mol. The molecule has 0 spiro atoms. The van der Waals surface area contributed by atoms with Gasteiger partial charge in [-0.3, -0.25) is 4.79 Å². The van der Waals surface area contributed by atoms with Gasteiger partial charge in [0.15, 0.2) is 0 Å². The number of amides is 1. The van der Waals surface area contributed by atoms with Crippen LogP contribution in [0.3, 0.4) is 0 Å². The van der Waals surface area contributed by atoms with Gasteiger partial charge in [0.05, 0.1) is 6.61 Å². The Balaban J connectivity index is 2.54. The van der Waals surface area contributed by atoms with Crippen molar-refractivity contribution in [3.63, 3.8) is 0 Å². The number of aliphatic hydroxyl groups excluding tert-OH is 1. The topological polar surface area (TPSA) is 89.3 Å². The first-order chi connectivity index (χ1) is 8.61. The number of carbonyl (C=O) groups is 1. The SMILES string of the molecule is NC(=O)c1ccc(N)c(-c2cccc(CO)c2)c1. The van der Waals surface area contributed by atoms with Crippen LogP contribution < -0.4 is 11.5 Å². The van der Waals surface area contributed by atoms with Crippen molar-refractivity contribution in [2.24, 2.45) is 5.73 Å². The molecule has 2 rings (SSSR count). The molecule has 0 saturated carbocycles. The first kappa shape index (κ1) is 12.1. The molecular formula is C14H14N2O2. The maximum Gasteiger partial charge on any atom is 0.248 e. The van der Waals surface area contributed by atoms with Crippen molar-refractivity contribution >= 4 is 11.6 Å². The second-order valence-electron chi connectivity index (χ2n) is 4.02. The molecule has 0 fully saturated rings. The van der Waals surface area contributed by atoms with E-state index in [2.05, 4.69) is 0 Å². The molecule has 18 heavy (non-hydrogen) atoms. The normalized spacial score (nSPS) is 10.3. The predicted molar refractivity (Wildman–Crippen MR) is 70.7 cm³/mol. The molecule has 0 bridgehead atoms. The second kappa shape index (κ2) is 4.89. The van der Waals surface area contributed by atoms with Crippen LogP contribution in [0.1, 0.15) is 15.9 Å². The van der Waals surface area contributed by atoms with Gasteiger partial charge in [0.1, 0.15) is 0 Å². The summed E-state index contributed by atoms with van der Waals surface area (Å²) in [4.78, 5) is 11.2. The molecule has 4 nitrogen and oxygen atoms in total. The molecule has 0 unspecified atom stereocenters. The third-order valence-corrected chi connectivity index (χ3v) is 2.76. The third kappa shape index (κ3) is 2.33. The fourth-order valence-electron chi connectivity index (χ4n) is 1.80. The molecule has 0 atom stereocenters. The van der Waals surface area contributed by atoms with Gasteiger partial charge in [-0.15, -0.1) is 0 Å². The van der Waals surface area contributed by atoms with Crippen LogP contribution in [0.15, 0.2) is 42.5 Å². The second-order valence-corrected chi connectivity index (χ2v) is 4.02. The van der Waals surface area contributed by atoms with Crippen LogP contribution in [-0.2, 0) is 6.61 Å². The predicted octanol–water partition coefficient (Wildman–Crippen LogP) is 1.53. The van der Waals surface area contributed by atoms with E-state index in [0.29, 0.717) is 11.3 Å². The van der Waals surface area contributed by atoms with Crippen molar-refractivity contribution in [1.82, 2.24) is 0 Å². The fourth-order valence-corrected chi connectivity index (χ4v) is 1.80. The summed E-state index contributed by atoms with van der Waals surface area (Å²) in [5, 5.41) is 9.12. The summed E-state index contributed by atoms with van der Waals surface area (Å²) in [6, 6.07) is 12.3. The van der Waals surface area contributed by atoms with Gasteiger partial charge >= 0.3 is 0 Å². The Labute approximate surface area is 105 Å². The van der Waals surface area contributed by atoms with Gasteiger partial charge in [-0.25, -0.2) is 0 Å². The summed E-state index contributed by atoms with van der Waals surface area (Å²) in [6.07, 6.45) is 0. The lowest BCUT2D eigenvalue weighted by atomic mass is 9.99. The summed E-state index contributed by atoms with van der Waals surface area (Å²) in [6.45, 7) is -0.0384. The molecule has 0 aliphatic heterocycles. The quantitative estimate of drug-likeness (QED) is 0.713. The molecule has 0 heterocycles. The van der Waals surface area contributed by atoms with Crippen molar-refractivity contribution in [2.75, 3.05) is 5.73 Å². The zero-order valence-corrected chi connectivity index (χ0v) is 9.76. The number of nitrogen functional groups attached to an aromatic ring is 1. The van der Waals surface area contributed by atoms with E-state index >= 15 is 0 Å². The van der Waals surface area contributed by atoms with Crippen molar-refractivity contribution in [3.8, 4) is 11.1 Å². The van der Waals surface area contributed by atoms with Gasteiger partial charge in [0, 0.05) is 16.8 Å². The summed E-state index contributed by atoms with van der Waals surface area (Å²) in [5.41, 5.74) is 14.5. The molecule has 92 valence electrons.